The van der Waals surface area contributed by atoms with Crippen LogP contribution in [0.2, 0.25) is 0 Å². The highest BCUT2D eigenvalue weighted by Gasteiger charge is 2.20. The molecular weight excluding hydrogens is 234 g/mol. The number of hydrogen-bond donors (Lipinski definition) is 1. The highest BCUT2D eigenvalue weighted by Crippen LogP contribution is 2.17. The molecule has 1 unspecified atom stereocenters. The molecule has 0 radical (unpaired) electrons. The lowest BCUT2D eigenvalue weighted by molar-refractivity contribution is 0.0992. The Morgan fingerprint density at radius 3 is 2.35 bits per heavy atom. The summed E-state index contributed by atoms with van der Waals surface area (Å²) in [7, 11) is -0.777. The molecule has 1 aliphatic rings. The van der Waals surface area contributed by atoms with Gasteiger partial charge in [-0.3, -0.25) is 4.21 Å². The normalized spacial score (nSPS) is 19.1. The van der Waals surface area contributed by atoms with Crippen molar-refractivity contribution in [2.75, 3.05) is 13.2 Å². The second-order valence-electron chi connectivity index (χ2n) is 4.36. The van der Waals surface area contributed by atoms with Crippen molar-refractivity contribution in [1.29, 1.82) is 0 Å². The number of rotatable bonds is 4. The molecule has 1 fully saturated rings. The topological polar surface area (TPSA) is 52.3 Å². The van der Waals surface area contributed by atoms with E-state index in [0.717, 1.165) is 37.2 Å². The third-order valence-electron chi connectivity index (χ3n) is 3.11. The van der Waals surface area contributed by atoms with Crippen LogP contribution < -0.4 is 5.73 Å². The van der Waals surface area contributed by atoms with Crippen LogP contribution in [-0.2, 0) is 27.8 Å². The van der Waals surface area contributed by atoms with E-state index in [0.29, 0.717) is 17.5 Å². The molecule has 0 aliphatic carbocycles. The van der Waals surface area contributed by atoms with E-state index in [9.17, 15) is 4.21 Å². The minimum Gasteiger partial charge on any atom is -0.381 e. The Kier molecular flexibility index (Phi) is 4.71. The molecule has 1 heterocycles. The van der Waals surface area contributed by atoms with E-state index < -0.39 is 10.8 Å². The molecule has 0 saturated carbocycles. The molecule has 2 N–H and O–H groups in total. The van der Waals surface area contributed by atoms with Crippen LogP contribution >= 0.6 is 0 Å². The SMILES string of the molecule is NCc1ccc(CS(=O)C2CCOCC2)cc1. The number of ether oxygens (including phenoxy) is 1. The van der Waals surface area contributed by atoms with Gasteiger partial charge in [-0.15, -0.1) is 0 Å². The van der Waals surface area contributed by atoms with Gasteiger partial charge in [0.2, 0.25) is 0 Å². The molecule has 0 spiro atoms. The zero-order chi connectivity index (χ0) is 12.1. The summed E-state index contributed by atoms with van der Waals surface area (Å²) in [6.07, 6.45) is 1.85. The van der Waals surface area contributed by atoms with Gasteiger partial charge in [0, 0.05) is 41.6 Å². The first kappa shape index (κ1) is 12.7. The first-order valence-corrected chi connectivity index (χ1v) is 7.40. The van der Waals surface area contributed by atoms with E-state index in [-0.39, 0.29) is 0 Å². The van der Waals surface area contributed by atoms with Gasteiger partial charge in [-0.25, -0.2) is 0 Å². The monoisotopic (exact) mass is 253 g/mol. The maximum Gasteiger partial charge on any atom is 0.0488 e. The molecule has 1 aromatic rings. The quantitative estimate of drug-likeness (QED) is 0.886. The Morgan fingerprint density at radius 1 is 1.18 bits per heavy atom. The van der Waals surface area contributed by atoms with Crippen molar-refractivity contribution in [3.8, 4) is 0 Å². The standard InChI is InChI=1S/C13H19NO2S/c14-9-11-1-3-12(4-2-11)10-17(15)13-5-7-16-8-6-13/h1-4,13H,5-10,14H2. The number of benzene rings is 1. The zero-order valence-corrected chi connectivity index (χ0v) is 10.7. The molecule has 0 amide bonds. The van der Waals surface area contributed by atoms with Crippen molar-refractivity contribution in [1.82, 2.24) is 0 Å². The summed E-state index contributed by atoms with van der Waals surface area (Å²) in [5, 5.41) is 0.304. The smallest absolute Gasteiger partial charge is 0.0488 e. The first-order valence-electron chi connectivity index (χ1n) is 6.02. The van der Waals surface area contributed by atoms with Crippen LogP contribution in [0.1, 0.15) is 24.0 Å². The van der Waals surface area contributed by atoms with Gasteiger partial charge in [-0.2, -0.15) is 0 Å². The van der Waals surface area contributed by atoms with Crippen LogP contribution in [0, 0.1) is 0 Å². The largest absolute Gasteiger partial charge is 0.381 e. The van der Waals surface area contributed by atoms with Gasteiger partial charge in [0.25, 0.3) is 0 Å². The predicted molar refractivity (Wildman–Crippen MR) is 70.0 cm³/mol. The lowest BCUT2D eigenvalue weighted by atomic mass is 10.1. The van der Waals surface area contributed by atoms with Gasteiger partial charge < -0.3 is 10.5 Å². The van der Waals surface area contributed by atoms with Gasteiger partial charge in [0.05, 0.1) is 0 Å². The molecule has 2 rings (SSSR count). The molecule has 17 heavy (non-hydrogen) atoms. The Hall–Kier alpha value is -0.710. The van der Waals surface area contributed by atoms with Gasteiger partial charge in [0.15, 0.2) is 0 Å². The summed E-state index contributed by atoms with van der Waals surface area (Å²) in [6.45, 7) is 2.06. The summed E-state index contributed by atoms with van der Waals surface area (Å²) in [5.74, 6) is 0.648. The van der Waals surface area contributed by atoms with E-state index in [1.807, 2.05) is 24.3 Å². The lowest BCUT2D eigenvalue weighted by Crippen LogP contribution is -2.25. The zero-order valence-electron chi connectivity index (χ0n) is 9.93. The van der Waals surface area contributed by atoms with E-state index in [1.54, 1.807) is 0 Å². The van der Waals surface area contributed by atoms with Crippen LogP contribution in [0.25, 0.3) is 0 Å². The third-order valence-corrected chi connectivity index (χ3v) is 4.94. The van der Waals surface area contributed by atoms with Crippen molar-refractivity contribution in [3.63, 3.8) is 0 Å². The Labute approximate surface area is 105 Å². The van der Waals surface area contributed by atoms with Crippen LogP contribution in [0.3, 0.4) is 0 Å². The number of hydrogen-bond acceptors (Lipinski definition) is 3. The average Bonchev–Trinajstić information content (AvgIpc) is 2.40. The Bertz CT molecular complexity index is 372. The molecule has 0 aromatic heterocycles. The lowest BCUT2D eigenvalue weighted by Gasteiger charge is -2.21. The van der Waals surface area contributed by atoms with Crippen molar-refractivity contribution in [2.45, 2.75) is 30.4 Å². The molecule has 1 atom stereocenters. The van der Waals surface area contributed by atoms with Crippen LogP contribution in [0.5, 0.6) is 0 Å². The minimum absolute atomic E-state index is 0.304. The van der Waals surface area contributed by atoms with Crippen LogP contribution in [0.15, 0.2) is 24.3 Å². The van der Waals surface area contributed by atoms with Crippen LogP contribution in [-0.4, -0.2) is 22.7 Å². The van der Waals surface area contributed by atoms with Crippen LogP contribution in [0.4, 0.5) is 0 Å². The highest BCUT2D eigenvalue weighted by molar-refractivity contribution is 7.84. The summed E-state index contributed by atoms with van der Waals surface area (Å²) < 4.78 is 17.4. The molecule has 0 bridgehead atoms. The maximum atomic E-state index is 12.2. The third kappa shape index (κ3) is 3.63. The fraction of sp³-hybridized carbons (Fsp3) is 0.538. The van der Waals surface area contributed by atoms with Crippen molar-refractivity contribution < 1.29 is 8.95 Å². The minimum atomic E-state index is -0.777. The molecular formula is C13H19NO2S. The molecule has 1 saturated heterocycles. The first-order chi connectivity index (χ1) is 8.29. The number of nitrogens with two attached hydrogens (primary N) is 1. The summed E-state index contributed by atoms with van der Waals surface area (Å²) >= 11 is 0. The van der Waals surface area contributed by atoms with E-state index in [4.69, 9.17) is 10.5 Å². The van der Waals surface area contributed by atoms with Gasteiger partial charge in [-0.1, -0.05) is 24.3 Å². The highest BCUT2D eigenvalue weighted by atomic mass is 32.2. The second-order valence-corrected chi connectivity index (χ2v) is 6.07. The van der Waals surface area contributed by atoms with Crippen molar-refractivity contribution >= 4 is 10.8 Å². The molecule has 94 valence electrons. The van der Waals surface area contributed by atoms with Crippen molar-refractivity contribution in [3.05, 3.63) is 35.4 Å². The maximum absolute atomic E-state index is 12.2. The summed E-state index contributed by atoms with van der Waals surface area (Å²) in [5.41, 5.74) is 7.79. The molecule has 3 nitrogen and oxygen atoms in total. The Balaban J connectivity index is 1.92. The van der Waals surface area contributed by atoms with E-state index in [1.165, 1.54) is 0 Å². The molecule has 1 aliphatic heterocycles. The molecule has 1 aromatic carbocycles. The van der Waals surface area contributed by atoms with E-state index >= 15 is 0 Å². The fourth-order valence-electron chi connectivity index (χ4n) is 1.99. The average molecular weight is 253 g/mol. The van der Waals surface area contributed by atoms with E-state index in [2.05, 4.69) is 0 Å². The summed E-state index contributed by atoms with van der Waals surface area (Å²) in [4.78, 5) is 0. The van der Waals surface area contributed by atoms with Gasteiger partial charge in [0.1, 0.15) is 0 Å². The van der Waals surface area contributed by atoms with Gasteiger partial charge >= 0.3 is 0 Å². The van der Waals surface area contributed by atoms with Crippen molar-refractivity contribution in [2.24, 2.45) is 5.73 Å². The fourth-order valence-corrected chi connectivity index (χ4v) is 3.47. The Morgan fingerprint density at radius 2 is 1.76 bits per heavy atom. The van der Waals surface area contributed by atoms with Gasteiger partial charge in [-0.05, 0) is 24.0 Å². The predicted octanol–water partition coefficient (Wildman–Crippen LogP) is 1.57. The molecule has 4 heteroatoms. The second kappa shape index (κ2) is 6.28. The summed E-state index contributed by atoms with van der Waals surface area (Å²) in [6, 6.07) is 8.08.